The van der Waals surface area contributed by atoms with Gasteiger partial charge in [0.1, 0.15) is 11.5 Å². The summed E-state index contributed by atoms with van der Waals surface area (Å²) in [5, 5.41) is 0. The van der Waals surface area contributed by atoms with Crippen LogP contribution in [0.4, 0.5) is 0 Å². The zero-order chi connectivity index (χ0) is 21.7. The molecule has 1 fully saturated rings. The third-order valence-electron chi connectivity index (χ3n) is 5.10. The van der Waals surface area contributed by atoms with Gasteiger partial charge in [0.05, 0.1) is 0 Å². The molecule has 2 aromatic carbocycles. The minimum Gasteiger partial charge on any atom is -0.484 e. The van der Waals surface area contributed by atoms with E-state index < -0.39 is 5.97 Å². The monoisotopic (exact) mass is 410 g/mol. The van der Waals surface area contributed by atoms with Gasteiger partial charge in [0.25, 0.3) is 11.8 Å². The van der Waals surface area contributed by atoms with Crippen molar-refractivity contribution >= 4 is 17.8 Å². The largest absolute Gasteiger partial charge is 0.484 e. The fraction of sp³-hybridized carbons (Fsp3) is 0.348. The fourth-order valence-electron chi connectivity index (χ4n) is 3.24. The number of carbonyl (C=O) groups excluding carboxylic acids is 3. The molecule has 0 bridgehead atoms. The third kappa shape index (κ3) is 5.37. The summed E-state index contributed by atoms with van der Waals surface area (Å²) in [6, 6.07) is 12.3. The number of aryl methyl sites for hydroxylation is 2. The van der Waals surface area contributed by atoms with Crippen molar-refractivity contribution in [2.45, 2.75) is 20.8 Å². The molecule has 1 heterocycles. The molecule has 30 heavy (non-hydrogen) atoms. The number of esters is 1. The predicted molar refractivity (Wildman–Crippen MR) is 112 cm³/mol. The molecule has 0 atom stereocenters. The maximum Gasteiger partial charge on any atom is 0.308 e. The van der Waals surface area contributed by atoms with Crippen LogP contribution in [0, 0.1) is 13.8 Å². The van der Waals surface area contributed by atoms with E-state index in [2.05, 4.69) is 0 Å². The number of carbonyl (C=O) groups is 3. The van der Waals surface area contributed by atoms with Gasteiger partial charge in [-0.05, 0) is 55.3 Å². The fourth-order valence-corrected chi connectivity index (χ4v) is 3.24. The molecule has 0 saturated carbocycles. The van der Waals surface area contributed by atoms with E-state index in [1.807, 2.05) is 32.0 Å². The lowest BCUT2D eigenvalue weighted by molar-refractivity contribution is -0.135. The second-order valence-corrected chi connectivity index (χ2v) is 7.33. The van der Waals surface area contributed by atoms with Crippen LogP contribution in [0.25, 0.3) is 0 Å². The van der Waals surface area contributed by atoms with Crippen molar-refractivity contribution in [3.8, 4) is 11.5 Å². The lowest BCUT2D eigenvalue weighted by Gasteiger charge is -2.34. The van der Waals surface area contributed by atoms with Crippen LogP contribution in [0.15, 0.2) is 42.5 Å². The van der Waals surface area contributed by atoms with E-state index >= 15 is 0 Å². The Morgan fingerprint density at radius 2 is 1.57 bits per heavy atom. The smallest absolute Gasteiger partial charge is 0.308 e. The van der Waals surface area contributed by atoms with E-state index in [9.17, 15) is 14.4 Å². The van der Waals surface area contributed by atoms with Crippen molar-refractivity contribution in [1.82, 2.24) is 9.80 Å². The first-order valence-electron chi connectivity index (χ1n) is 9.89. The highest BCUT2D eigenvalue weighted by Gasteiger charge is 2.25. The Bertz CT molecular complexity index is 948. The summed E-state index contributed by atoms with van der Waals surface area (Å²) in [5.74, 6) is 0.327. The first kappa shape index (κ1) is 21.4. The molecule has 0 radical (unpaired) electrons. The minimum atomic E-state index is -0.435. The van der Waals surface area contributed by atoms with Crippen LogP contribution >= 0.6 is 0 Å². The van der Waals surface area contributed by atoms with Gasteiger partial charge in [0, 0.05) is 38.7 Å². The Labute approximate surface area is 176 Å². The summed E-state index contributed by atoms with van der Waals surface area (Å²) >= 11 is 0. The lowest BCUT2D eigenvalue weighted by atomic mass is 10.1. The average molecular weight is 410 g/mol. The number of amides is 2. The number of hydrogen-bond donors (Lipinski definition) is 0. The van der Waals surface area contributed by atoms with Gasteiger partial charge < -0.3 is 19.3 Å². The Morgan fingerprint density at radius 3 is 2.23 bits per heavy atom. The van der Waals surface area contributed by atoms with Crippen LogP contribution in [-0.2, 0) is 9.59 Å². The summed E-state index contributed by atoms with van der Waals surface area (Å²) in [4.78, 5) is 39.7. The third-order valence-corrected chi connectivity index (χ3v) is 5.10. The van der Waals surface area contributed by atoms with Crippen LogP contribution in [0.2, 0.25) is 0 Å². The van der Waals surface area contributed by atoms with Gasteiger partial charge in [-0.15, -0.1) is 0 Å². The summed E-state index contributed by atoms with van der Waals surface area (Å²) in [6.07, 6.45) is 0. The average Bonchev–Trinajstić information content (AvgIpc) is 2.73. The molecule has 1 aliphatic heterocycles. The minimum absolute atomic E-state index is 0.0269. The first-order chi connectivity index (χ1) is 14.3. The Balaban J connectivity index is 1.51. The standard InChI is InChI=1S/C23H26N2O5/c1-16-7-8-20(13-17(16)2)29-15-22(27)24-9-11-25(12-10-24)23(28)19-5-4-6-21(14-19)30-18(3)26/h4-8,13-14H,9-12,15H2,1-3H3. The first-order valence-corrected chi connectivity index (χ1v) is 9.89. The summed E-state index contributed by atoms with van der Waals surface area (Å²) in [5.41, 5.74) is 2.74. The van der Waals surface area contributed by atoms with Crippen molar-refractivity contribution in [2.75, 3.05) is 32.8 Å². The summed E-state index contributed by atoms with van der Waals surface area (Å²) in [6.45, 7) is 7.09. The molecular formula is C23H26N2O5. The highest BCUT2D eigenvalue weighted by atomic mass is 16.5. The van der Waals surface area contributed by atoms with Gasteiger partial charge in [-0.2, -0.15) is 0 Å². The van der Waals surface area contributed by atoms with Crippen LogP contribution in [0.1, 0.15) is 28.4 Å². The van der Waals surface area contributed by atoms with E-state index in [1.54, 1.807) is 34.1 Å². The Morgan fingerprint density at radius 1 is 0.867 bits per heavy atom. The van der Waals surface area contributed by atoms with Crippen LogP contribution in [-0.4, -0.2) is 60.4 Å². The topological polar surface area (TPSA) is 76.2 Å². The normalized spacial score (nSPS) is 13.7. The number of piperazine rings is 1. The SMILES string of the molecule is CC(=O)Oc1cccc(C(=O)N2CCN(C(=O)COc3ccc(C)c(C)c3)CC2)c1. The second kappa shape index (κ2) is 9.43. The molecule has 0 aromatic heterocycles. The maximum atomic E-state index is 12.7. The van der Waals surface area contributed by atoms with Crippen molar-refractivity contribution in [3.05, 3.63) is 59.2 Å². The Kier molecular flexibility index (Phi) is 6.72. The van der Waals surface area contributed by atoms with Gasteiger partial charge in [0.15, 0.2) is 6.61 Å². The molecule has 0 N–H and O–H groups in total. The van der Waals surface area contributed by atoms with E-state index in [1.165, 1.54) is 12.5 Å². The van der Waals surface area contributed by atoms with Crippen molar-refractivity contribution < 1.29 is 23.9 Å². The van der Waals surface area contributed by atoms with Crippen molar-refractivity contribution in [3.63, 3.8) is 0 Å². The van der Waals surface area contributed by atoms with Gasteiger partial charge in [0.2, 0.25) is 0 Å². The maximum absolute atomic E-state index is 12.7. The summed E-state index contributed by atoms with van der Waals surface area (Å²) in [7, 11) is 0. The predicted octanol–water partition coefficient (Wildman–Crippen LogP) is 2.59. The van der Waals surface area contributed by atoms with Gasteiger partial charge >= 0.3 is 5.97 Å². The zero-order valence-electron chi connectivity index (χ0n) is 17.5. The molecule has 1 saturated heterocycles. The van der Waals surface area contributed by atoms with Crippen LogP contribution < -0.4 is 9.47 Å². The quantitative estimate of drug-likeness (QED) is 0.559. The number of nitrogens with zero attached hydrogens (tertiary/aromatic N) is 2. The number of hydrogen-bond acceptors (Lipinski definition) is 5. The van der Waals surface area contributed by atoms with E-state index in [0.717, 1.165) is 5.56 Å². The van der Waals surface area contributed by atoms with Crippen LogP contribution in [0.5, 0.6) is 11.5 Å². The van der Waals surface area contributed by atoms with Gasteiger partial charge in [-0.3, -0.25) is 14.4 Å². The number of ether oxygens (including phenoxy) is 2. The molecule has 2 aromatic rings. The molecular weight excluding hydrogens is 384 g/mol. The van der Waals surface area contributed by atoms with Crippen molar-refractivity contribution in [1.29, 1.82) is 0 Å². The van der Waals surface area contributed by atoms with E-state index in [-0.39, 0.29) is 18.4 Å². The number of benzene rings is 2. The molecule has 0 unspecified atom stereocenters. The van der Waals surface area contributed by atoms with Crippen LogP contribution in [0.3, 0.4) is 0 Å². The van der Waals surface area contributed by atoms with Crippen molar-refractivity contribution in [2.24, 2.45) is 0 Å². The highest BCUT2D eigenvalue weighted by molar-refractivity contribution is 5.95. The highest BCUT2D eigenvalue weighted by Crippen LogP contribution is 2.18. The number of rotatable bonds is 5. The van der Waals surface area contributed by atoms with Gasteiger partial charge in [-0.25, -0.2) is 0 Å². The summed E-state index contributed by atoms with van der Waals surface area (Å²) < 4.78 is 10.7. The molecule has 7 heteroatoms. The molecule has 2 amide bonds. The molecule has 3 rings (SSSR count). The van der Waals surface area contributed by atoms with E-state index in [0.29, 0.717) is 43.2 Å². The molecule has 0 aliphatic carbocycles. The molecule has 7 nitrogen and oxygen atoms in total. The Hall–Kier alpha value is -3.35. The molecule has 0 spiro atoms. The lowest BCUT2D eigenvalue weighted by Crippen LogP contribution is -2.51. The second-order valence-electron chi connectivity index (χ2n) is 7.33. The zero-order valence-corrected chi connectivity index (χ0v) is 17.5. The van der Waals surface area contributed by atoms with E-state index in [4.69, 9.17) is 9.47 Å². The van der Waals surface area contributed by atoms with Gasteiger partial charge in [-0.1, -0.05) is 12.1 Å². The molecule has 158 valence electrons. The molecule has 1 aliphatic rings.